The fourth-order valence-corrected chi connectivity index (χ4v) is 0.891. The van der Waals surface area contributed by atoms with Gasteiger partial charge in [0.15, 0.2) is 0 Å². The van der Waals surface area contributed by atoms with Crippen molar-refractivity contribution in [1.82, 2.24) is 9.97 Å². The van der Waals surface area contributed by atoms with E-state index < -0.39 is 0 Å². The highest BCUT2D eigenvalue weighted by Crippen LogP contribution is 2.06. The molecule has 1 heterocycles. The lowest BCUT2D eigenvalue weighted by molar-refractivity contribution is 1.11. The highest BCUT2D eigenvalue weighted by Gasteiger charge is 1.95. The van der Waals surface area contributed by atoms with Gasteiger partial charge in [-0.15, -0.1) is 0 Å². The minimum absolute atomic E-state index is 0.602. The van der Waals surface area contributed by atoms with Gasteiger partial charge in [-0.2, -0.15) is 0 Å². The third kappa shape index (κ3) is 1.99. The van der Waals surface area contributed by atoms with Crippen molar-refractivity contribution < 1.29 is 0 Å². The molecule has 0 aliphatic carbocycles. The monoisotopic (exact) mass is 167 g/mol. The summed E-state index contributed by atoms with van der Waals surface area (Å²) in [6.07, 6.45) is 1.69. The quantitative estimate of drug-likeness (QED) is 0.680. The molecule has 0 saturated heterocycles. The number of hydrogen-bond acceptors (Lipinski definition) is 3. The lowest BCUT2D eigenvalue weighted by Gasteiger charge is -2.00. The van der Waals surface area contributed by atoms with E-state index in [9.17, 15) is 0 Å². The van der Waals surface area contributed by atoms with E-state index >= 15 is 0 Å². The SMILES string of the molecule is C=Cc1cc(C)nc(NP)n1. The summed E-state index contributed by atoms with van der Waals surface area (Å²) in [4.78, 5) is 8.22. The normalized spacial score (nSPS) is 9.27. The van der Waals surface area contributed by atoms with E-state index in [-0.39, 0.29) is 0 Å². The molecule has 0 amide bonds. The Morgan fingerprint density at radius 3 is 2.91 bits per heavy atom. The standard InChI is InChI=1S/C7H10N3P/c1-3-6-4-5(2)8-7(9-6)10-11/h3-4H,1,11H2,2H3,(H,8,9,10). The first-order valence-corrected chi connectivity index (χ1v) is 3.78. The maximum Gasteiger partial charge on any atom is 0.226 e. The van der Waals surface area contributed by atoms with Crippen molar-refractivity contribution in [2.24, 2.45) is 0 Å². The van der Waals surface area contributed by atoms with Crippen LogP contribution in [0.4, 0.5) is 5.95 Å². The molecule has 1 N–H and O–H groups in total. The van der Waals surface area contributed by atoms with E-state index in [4.69, 9.17) is 0 Å². The molecule has 0 bridgehead atoms. The summed E-state index contributed by atoms with van der Waals surface area (Å²) >= 11 is 0. The van der Waals surface area contributed by atoms with Gasteiger partial charge in [0.1, 0.15) is 0 Å². The molecule has 0 aliphatic rings. The summed E-state index contributed by atoms with van der Waals surface area (Å²) in [5, 5.41) is 2.79. The van der Waals surface area contributed by atoms with Gasteiger partial charge in [-0.1, -0.05) is 6.58 Å². The molecule has 4 heteroatoms. The topological polar surface area (TPSA) is 37.8 Å². The van der Waals surface area contributed by atoms with Gasteiger partial charge in [-0.3, -0.25) is 0 Å². The summed E-state index contributed by atoms with van der Waals surface area (Å²) in [5.41, 5.74) is 1.77. The molecule has 0 aliphatic heterocycles. The van der Waals surface area contributed by atoms with Crippen LogP contribution in [-0.4, -0.2) is 9.97 Å². The van der Waals surface area contributed by atoms with Gasteiger partial charge < -0.3 is 5.09 Å². The van der Waals surface area contributed by atoms with Crippen molar-refractivity contribution >= 4 is 21.4 Å². The zero-order valence-corrected chi connectivity index (χ0v) is 7.49. The number of rotatable bonds is 2. The van der Waals surface area contributed by atoms with E-state index in [0.29, 0.717) is 5.95 Å². The summed E-state index contributed by atoms with van der Waals surface area (Å²) in [5.74, 6) is 0.602. The van der Waals surface area contributed by atoms with Crippen molar-refractivity contribution in [2.75, 3.05) is 5.09 Å². The van der Waals surface area contributed by atoms with Crippen LogP contribution in [0.5, 0.6) is 0 Å². The molecular weight excluding hydrogens is 157 g/mol. The fourth-order valence-electron chi connectivity index (χ4n) is 0.762. The second kappa shape index (κ2) is 3.44. The van der Waals surface area contributed by atoms with Crippen molar-refractivity contribution in [2.45, 2.75) is 6.92 Å². The predicted molar refractivity (Wildman–Crippen MR) is 50.2 cm³/mol. The van der Waals surface area contributed by atoms with Crippen LogP contribution in [-0.2, 0) is 0 Å². The first-order valence-electron chi connectivity index (χ1n) is 3.21. The molecule has 0 fully saturated rings. The number of anilines is 1. The third-order valence-electron chi connectivity index (χ3n) is 1.21. The Hall–Kier alpha value is -0.950. The maximum absolute atomic E-state index is 4.11. The van der Waals surface area contributed by atoms with E-state index in [0.717, 1.165) is 11.4 Å². The first-order chi connectivity index (χ1) is 5.26. The predicted octanol–water partition coefficient (Wildman–Crippen LogP) is 1.63. The van der Waals surface area contributed by atoms with Crippen LogP contribution in [0.1, 0.15) is 11.4 Å². The largest absolute Gasteiger partial charge is 0.339 e. The van der Waals surface area contributed by atoms with E-state index in [1.807, 2.05) is 13.0 Å². The van der Waals surface area contributed by atoms with Crippen LogP contribution < -0.4 is 5.09 Å². The van der Waals surface area contributed by atoms with Gasteiger partial charge in [0.05, 0.1) is 5.69 Å². The molecule has 1 rings (SSSR count). The van der Waals surface area contributed by atoms with Crippen molar-refractivity contribution in [3.05, 3.63) is 24.0 Å². The van der Waals surface area contributed by atoms with Crippen molar-refractivity contribution in [3.8, 4) is 0 Å². The molecule has 0 spiro atoms. The molecule has 1 unspecified atom stereocenters. The molecular formula is C7H10N3P. The van der Waals surface area contributed by atoms with Gasteiger partial charge in [0.25, 0.3) is 0 Å². The fraction of sp³-hybridized carbons (Fsp3) is 0.143. The Morgan fingerprint density at radius 2 is 2.36 bits per heavy atom. The number of nitrogens with one attached hydrogen (secondary N) is 1. The maximum atomic E-state index is 4.11. The Kier molecular flexibility index (Phi) is 2.55. The summed E-state index contributed by atoms with van der Waals surface area (Å²) in [6.45, 7) is 5.54. The number of aromatic nitrogens is 2. The summed E-state index contributed by atoms with van der Waals surface area (Å²) in [7, 11) is 2.35. The molecule has 1 aromatic rings. The second-order valence-electron chi connectivity index (χ2n) is 2.11. The molecule has 58 valence electrons. The molecule has 1 atom stereocenters. The molecule has 0 radical (unpaired) electrons. The van der Waals surface area contributed by atoms with Crippen LogP contribution in [0, 0.1) is 6.92 Å². The Morgan fingerprint density at radius 1 is 1.64 bits per heavy atom. The summed E-state index contributed by atoms with van der Waals surface area (Å²) < 4.78 is 0. The highest BCUT2D eigenvalue weighted by atomic mass is 31.0. The van der Waals surface area contributed by atoms with E-state index in [1.54, 1.807) is 6.08 Å². The van der Waals surface area contributed by atoms with Gasteiger partial charge in [-0.05, 0) is 28.5 Å². The Balaban J connectivity index is 3.11. The minimum Gasteiger partial charge on any atom is -0.339 e. The molecule has 11 heavy (non-hydrogen) atoms. The number of nitrogens with zero attached hydrogens (tertiary/aromatic N) is 2. The number of aryl methyl sites for hydroxylation is 1. The van der Waals surface area contributed by atoms with Crippen LogP contribution in [0.25, 0.3) is 6.08 Å². The van der Waals surface area contributed by atoms with Crippen molar-refractivity contribution in [1.29, 1.82) is 0 Å². The Labute approximate surface area is 68.2 Å². The molecule has 3 nitrogen and oxygen atoms in total. The van der Waals surface area contributed by atoms with Crippen LogP contribution in [0.2, 0.25) is 0 Å². The number of hydrogen-bond donors (Lipinski definition) is 1. The van der Waals surface area contributed by atoms with Gasteiger partial charge in [0.2, 0.25) is 5.95 Å². The average Bonchev–Trinajstić information content (AvgIpc) is 2.03. The molecule has 0 aromatic carbocycles. The smallest absolute Gasteiger partial charge is 0.226 e. The van der Waals surface area contributed by atoms with E-state index in [1.165, 1.54) is 0 Å². The second-order valence-corrected chi connectivity index (χ2v) is 2.39. The van der Waals surface area contributed by atoms with Crippen LogP contribution >= 0.6 is 9.39 Å². The first kappa shape index (κ1) is 8.15. The lowest BCUT2D eigenvalue weighted by atomic mass is 10.3. The van der Waals surface area contributed by atoms with Gasteiger partial charge >= 0.3 is 0 Å². The summed E-state index contributed by atoms with van der Waals surface area (Å²) in [6, 6.07) is 1.87. The Bertz CT molecular complexity index is 272. The molecule has 0 saturated carbocycles. The average molecular weight is 167 g/mol. The molecule has 1 aromatic heterocycles. The zero-order valence-electron chi connectivity index (χ0n) is 6.33. The minimum atomic E-state index is 0.602. The van der Waals surface area contributed by atoms with Crippen LogP contribution in [0.15, 0.2) is 12.6 Å². The lowest BCUT2D eigenvalue weighted by Crippen LogP contribution is -1.94. The van der Waals surface area contributed by atoms with Gasteiger partial charge in [-0.25, -0.2) is 9.97 Å². The van der Waals surface area contributed by atoms with Crippen molar-refractivity contribution in [3.63, 3.8) is 0 Å². The highest BCUT2D eigenvalue weighted by molar-refractivity contribution is 7.18. The van der Waals surface area contributed by atoms with E-state index in [2.05, 4.69) is 31.0 Å². The third-order valence-corrected chi connectivity index (χ3v) is 1.47. The van der Waals surface area contributed by atoms with Crippen LogP contribution in [0.3, 0.4) is 0 Å². The zero-order chi connectivity index (χ0) is 8.27. The van der Waals surface area contributed by atoms with Gasteiger partial charge in [0, 0.05) is 5.69 Å².